The molecule has 1 saturated heterocycles. The van der Waals surface area contributed by atoms with Gasteiger partial charge in [0.2, 0.25) is 11.7 Å². The minimum atomic E-state index is -1.07. The number of nitrogens with zero attached hydrogens (tertiary/aromatic N) is 4. The molecule has 3 rings (SSSR count). The molecule has 2 aromatic rings. The molecule has 1 aliphatic rings. The lowest BCUT2D eigenvalue weighted by atomic mass is 10.0. The van der Waals surface area contributed by atoms with E-state index in [4.69, 9.17) is 0 Å². The normalized spacial score (nSPS) is 20.6. The molecular weight excluding hydrogens is 383 g/mol. The first kappa shape index (κ1) is 20.3. The van der Waals surface area contributed by atoms with Crippen molar-refractivity contribution < 1.29 is 23.6 Å². The Balaban J connectivity index is 1.80. The van der Waals surface area contributed by atoms with Crippen LogP contribution < -0.4 is 10.0 Å². The number of pyridine rings is 1. The zero-order valence-electron chi connectivity index (χ0n) is 16.1. The minimum absolute atomic E-state index is 0.0889. The van der Waals surface area contributed by atoms with Crippen molar-refractivity contribution in [2.45, 2.75) is 32.7 Å². The van der Waals surface area contributed by atoms with Crippen LogP contribution in [0.4, 0.5) is 14.3 Å². The summed E-state index contributed by atoms with van der Waals surface area (Å²) in [5.41, 5.74) is -0.578. The topological polar surface area (TPSA) is 86.2 Å². The van der Waals surface area contributed by atoms with Gasteiger partial charge >= 0.3 is 0 Å². The second-order valence-electron chi connectivity index (χ2n) is 7.87. The third kappa shape index (κ3) is 3.64. The van der Waals surface area contributed by atoms with Crippen molar-refractivity contribution in [2.24, 2.45) is 0 Å². The van der Waals surface area contributed by atoms with Crippen LogP contribution >= 0.6 is 11.3 Å². The molecule has 1 aliphatic heterocycles. The van der Waals surface area contributed by atoms with Gasteiger partial charge in [-0.05, 0) is 32.9 Å². The van der Waals surface area contributed by atoms with Crippen LogP contribution in [0, 0.1) is 5.95 Å². The van der Waals surface area contributed by atoms with E-state index in [1.54, 1.807) is 0 Å². The molecule has 0 radical (unpaired) electrons. The van der Waals surface area contributed by atoms with E-state index in [-0.39, 0.29) is 10.0 Å². The molecule has 0 bridgehead atoms. The summed E-state index contributed by atoms with van der Waals surface area (Å²) >= 11 is 1.18. The van der Waals surface area contributed by atoms with Gasteiger partial charge in [0.25, 0.3) is 6.09 Å². The summed E-state index contributed by atoms with van der Waals surface area (Å²) in [6, 6.07) is 2.90. The molecule has 0 saturated carbocycles. The third-order valence-corrected chi connectivity index (χ3v) is 6.40. The lowest BCUT2D eigenvalue weighted by Gasteiger charge is -2.47. The van der Waals surface area contributed by atoms with Crippen LogP contribution in [0.1, 0.15) is 42.4 Å². The number of rotatable bonds is 3. The number of aromatic nitrogens is 2. The van der Waals surface area contributed by atoms with Gasteiger partial charge in [-0.15, -0.1) is 0 Å². The molecule has 1 fully saturated rings. The van der Waals surface area contributed by atoms with Gasteiger partial charge in [0, 0.05) is 19.2 Å². The van der Waals surface area contributed by atoms with E-state index in [1.165, 1.54) is 35.9 Å². The van der Waals surface area contributed by atoms with E-state index in [0.717, 1.165) is 0 Å². The van der Waals surface area contributed by atoms with Gasteiger partial charge in [-0.1, -0.05) is 11.3 Å². The third-order valence-electron chi connectivity index (χ3n) is 5.34. The Kier molecular flexibility index (Phi) is 5.49. The van der Waals surface area contributed by atoms with Crippen LogP contribution in [0.3, 0.4) is 0 Å². The van der Waals surface area contributed by atoms with Crippen LogP contribution in [0.15, 0.2) is 24.5 Å². The Morgan fingerprint density at radius 2 is 2.00 bits per heavy atom. The highest BCUT2D eigenvalue weighted by molar-refractivity contribution is 7.17. The van der Waals surface area contributed by atoms with Gasteiger partial charge in [-0.2, -0.15) is 4.39 Å². The summed E-state index contributed by atoms with van der Waals surface area (Å²) in [6.45, 7) is 7.68. The lowest BCUT2D eigenvalue weighted by Crippen LogP contribution is -2.68. The Morgan fingerprint density at radius 3 is 2.64 bits per heavy atom. The number of anilines is 1. The average molecular weight is 406 g/mol. The van der Waals surface area contributed by atoms with Crippen molar-refractivity contribution in [3.8, 4) is 0 Å². The number of hydrogen-bond acceptors (Lipinski definition) is 7. The first-order valence-corrected chi connectivity index (χ1v) is 9.92. The van der Waals surface area contributed by atoms with Crippen molar-refractivity contribution >= 4 is 28.3 Å². The van der Waals surface area contributed by atoms with E-state index >= 15 is 0 Å². The van der Waals surface area contributed by atoms with E-state index in [0.29, 0.717) is 42.6 Å². The molecule has 1 amide bonds. The zero-order valence-corrected chi connectivity index (χ0v) is 17.0. The molecule has 2 aromatic heterocycles. The molecule has 150 valence electrons. The largest absolute Gasteiger partial charge is 0.498 e. The Bertz CT molecular complexity index is 895. The smallest absolute Gasteiger partial charge is 0.257 e. The van der Waals surface area contributed by atoms with Crippen molar-refractivity contribution in [1.82, 2.24) is 9.97 Å². The number of amides is 1. The molecule has 0 aliphatic carbocycles. The number of thiazole rings is 1. The maximum Gasteiger partial charge on any atom is 0.257 e. The standard InChI is InChI=1S/C19H23FN4O3S/c1-19(2,3)24(18(26)27)10-5-8-23(9-11-24)17-22-12-14(28-17)15(25)13-6-4-7-21-16(13)20/h4,6-7,12H,5,8-11H2,1-3H3. The highest BCUT2D eigenvalue weighted by Crippen LogP contribution is 2.30. The van der Waals surface area contributed by atoms with E-state index in [9.17, 15) is 19.1 Å². The Morgan fingerprint density at radius 1 is 1.25 bits per heavy atom. The Hall–Kier alpha value is -2.39. The molecule has 1 atom stereocenters. The number of carboxylic acid groups (broad SMARTS) is 1. The van der Waals surface area contributed by atoms with Crippen LogP contribution in [0.5, 0.6) is 0 Å². The quantitative estimate of drug-likeness (QED) is 0.441. The number of hydrogen-bond donors (Lipinski definition) is 0. The summed E-state index contributed by atoms with van der Waals surface area (Å²) in [5, 5.41) is 12.6. The summed E-state index contributed by atoms with van der Waals surface area (Å²) in [7, 11) is 0. The van der Waals surface area contributed by atoms with Crippen molar-refractivity contribution in [2.75, 3.05) is 31.1 Å². The molecule has 28 heavy (non-hydrogen) atoms. The molecule has 0 aromatic carbocycles. The van der Waals surface area contributed by atoms with Crippen molar-refractivity contribution in [1.29, 1.82) is 0 Å². The van der Waals surface area contributed by atoms with Crippen LogP contribution in [0.2, 0.25) is 0 Å². The van der Waals surface area contributed by atoms with Crippen LogP contribution in [0.25, 0.3) is 0 Å². The molecule has 1 unspecified atom stereocenters. The zero-order chi connectivity index (χ0) is 20.5. The molecule has 0 N–H and O–H groups in total. The maximum absolute atomic E-state index is 13.8. The predicted molar refractivity (Wildman–Crippen MR) is 102 cm³/mol. The van der Waals surface area contributed by atoms with Crippen molar-refractivity contribution in [3.63, 3.8) is 0 Å². The van der Waals surface area contributed by atoms with Gasteiger partial charge in [-0.25, -0.2) is 9.97 Å². The highest BCUT2D eigenvalue weighted by atomic mass is 32.1. The fraction of sp³-hybridized carbons (Fsp3) is 0.474. The lowest BCUT2D eigenvalue weighted by molar-refractivity contribution is -0.917. The first-order valence-electron chi connectivity index (χ1n) is 9.10. The number of quaternary nitrogens is 1. The molecule has 9 heteroatoms. The van der Waals surface area contributed by atoms with E-state index in [1.807, 2.05) is 25.7 Å². The predicted octanol–water partition coefficient (Wildman–Crippen LogP) is 2.08. The van der Waals surface area contributed by atoms with Gasteiger partial charge in [0.15, 0.2) is 5.13 Å². The maximum atomic E-state index is 13.8. The first-order chi connectivity index (χ1) is 13.2. The van der Waals surface area contributed by atoms with Gasteiger partial charge < -0.3 is 14.8 Å². The Labute approximate surface area is 167 Å². The fourth-order valence-corrected chi connectivity index (χ4v) is 4.49. The molecular formula is C19H23FN4O3S. The van der Waals surface area contributed by atoms with Gasteiger partial charge in [0.1, 0.15) is 6.54 Å². The summed E-state index contributed by atoms with van der Waals surface area (Å²) in [6.07, 6.45) is 2.31. The minimum Gasteiger partial charge on any atom is -0.498 e. The van der Waals surface area contributed by atoms with Crippen LogP contribution in [-0.2, 0) is 0 Å². The number of halogens is 1. The summed E-state index contributed by atoms with van der Waals surface area (Å²) in [5.74, 6) is -1.27. The number of carbonyl (C=O) groups is 2. The molecule has 3 heterocycles. The second kappa shape index (κ2) is 7.56. The highest BCUT2D eigenvalue weighted by Gasteiger charge is 2.43. The molecule has 7 nitrogen and oxygen atoms in total. The SMILES string of the molecule is CC(C)(C)[N+]1(C(=O)[O-])CCCN(c2ncc(C(=O)c3cccnc3F)s2)CC1. The summed E-state index contributed by atoms with van der Waals surface area (Å²) in [4.78, 5) is 34.6. The summed E-state index contributed by atoms with van der Waals surface area (Å²) < 4.78 is 13.7. The van der Waals surface area contributed by atoms with Gasteiger partial charge in [0.05, 0.1) is 35.3 Å². The number of carbonyl (C=O) groups excluding carboxylic acids is 2. The van der Waals surface area contributed by atoms with E-state index < -0.39 is 23.4 Å². The second-order valence-corrected chi connectivity index (χ2v) is 8.88. The number of ketones is 1. The monoisotopic (exact) mass is 406 g/mol. The average Bonchev–Trinajstić information content (AvgIpc) is 2.99. The van der Waals surface area contributed by atoms with Crippen LogP contribution in [-0.4, -0.2) is 58.0 Å². The van der Waals surface area contributed by atoms with E-state index in [2.05, 4.69) is 9.97 Å². The fourth-order valence-electron chi connectivity index (χ4n) is 3.57. The van der Waals surface area contributed by atoms with Gasteiger partial charge in [-0.3, -0.25) is 9.28 Å². The molecule has 0 spiro atoms. The van der Waals surface area contributed by atoms with Crippen molar-refractivity contribution in [3.05, 3.63) is 40.9 Å².